The normalized spacial score (nSPS) is 12.0. The molecule has 3 N–H and O–H groups in total. The van der Waals surface area contributed by atoms with Crippen LogP contribution >= 0.6 is 0 Å². The maximum atomic E-state index is 12.1. The van der Waals surface area contributed by atoms with Gasteiger partial charge in [-0.3, -0.25) is 4.98 Å². The van der Waals surface area contributed by atoms with Crippen LogP contribution in [0.25, 0.3) is 0 Å². The Morgan fingerprint density at radius 2 is 2.22 bits per heavy atom. The molecule has 1 rings (SSSR count). The number of hydrogen-bond donors (Lipinski definition) is 2. The second kappa shape index (κ2) is 6.79. The minimum Gasteiger partial charge on any atom is -0.325 e. The van der Waals surface area contributed by atoms with Crippen molar-refractivity contribution in [1.82, 2.24) is 14.6 Å². The Labute approximate surface area is 108 Å². The van der Waals surface area contributed by atoms with Gasteiger partial charge >= 0.3 is 0 Å². The van der Waals surface area contributed by atoms with E-state index in [9.17, 15) is 8.42 Å². The first-order chi connectivity index (χ1) is 8.51. The summed E-state index contributed by atoms with van der Waals surface area (Å²) in [4.78, 5) is 6.15. The number of pyridine rings is 1. The molecule has 1 heterocycles. The van der Waals surface area contributed by atoms with Crippen LogP contribution in [0.3, 0.4) is 0 Å². The lowest BCUT2D eigenvalue weighted by atomic mass is 10.3. The van der Waals surface area contributed by atoms with Crippen LogP contribution in [0.2, 0.25) is 0 Å². The zero-order valence-corrected chi connectivity index (χ0v) is 11.6. The van der Waals surface area contributed by atoms with Gasteiger partial charge in [-0.15, -0.1) is 0 Å². The van der Waals surface area contributed by atoms with Crippen molar-refractivity contribution in [3.05, 3.63) is 24.0 Å². The summed E-state index contributed by atoms with van der Waals surface area (Å²) in [6.45, 7) is 4.02. The van der Waals surface area contributed by atoms with E-state index in [-0.39, 0.29) is 11.4 Å². The third-order valence-electron chi connectivity index (χ3n) is 2.66. The summed E-state index contributed by atoms with van der Waals surface area (Å²) in [6, 6.07) is 3.10. The Hall–Kier alpha value is -1.02. The van der Waals surface area contributed by atoms with Crippen LogP contribution in [0, 0.1) is 0 Å². The van der Waals surface area contributed by atoms with Gasteiger partial charge in [0.2, 0.25) is 10.0 Å². The molecule has 0 radical (unpaired) electrons. The Kier molecular flexibility index (Phi) is 5.67. The van der Waals surface area contributed by atoms with E-state index in [1.54, 1.807) is 6.07 Å². The van der Waals surface area contributed by atoms with E-state index in [4.69, 9.17) is 5.73 Å². The van der Waals surface area contributed by atoms with E-state index in [0.29, 0.717) is 18.8 Å². The Balaban J connectivity index is 2.74. The highest BCUT2D eigenvalue weighted by Crippen LogP contribution is 2.11. The van der Waals surface area contributed by atoms with Gasteiger partial charge in [0.25, 0.3) is 0 Å². The lowest BCUT2D eigenvalue weighted by Gasteiger charge is -2.14. The highest BCUT2D eigenvalue weighted by molar-refractivity contribution is 7.89. The summed E-state index contributed by atoms with van der Waals surface area (Å²) in [6.07, 6.45) is 1.53. The zero-order valence-electron chi connectivity index (χ0n) is 10.8. The predicted octanol–water partition coefficient (Wildman–Crippen LogP) is -0.230. The van der Waals surface area contributed by atoms with Crippen molar-refractivity contribution < 1.29 is 8.42 Å². The third-order valence-corrected chi connectivity index (χ3v) is 4.19. The first kappa shape index (κ1) is 15.0. The molecule has 6 nitrogen and oxygen atoms in total. The maximum Gasteiger partial charge on any atom is 0.242 e. The Morgan fingerprint density at radius 3 is 2.83 bits per heavy atom. The SMILES string of the molecule is CCN(C)CCNS(=O)(=O)c1cccnc1CN. The summed E-state index contributed by atoms with van der Waals surface area (Å²) in [7, 11) is -1.59. The van der Waals surface area contributed by atoms with Gasteiger partial charge in [-0.05, 0) is 25.7 Å². The van der Waals surface area contributed by atoms with Crippen LogP contribution in [0.4, 0.5) is 0 Å². The molecule has 0 atom stereocenters. The first-order valence-corrected chi connectivity index (χ1v) is 7.31. The van der Waals surface area contributed by atoms with E-state index >= 15 is 0 Å². The third kappa shape index (κ3) is 4.02. The van der Waals surface area contributed by atoms with E-state index in [2.05, 4.69) is 9.71 Å². The average molecular weight is 272 g/mol. The number of aromatic nitrogens is 1. The van der Waals surface area contributed by atoms with E-state index < -0.39 is 10.0 Å². The Morgan fingerprint density at radius 1 is 1.50 bits per heavy atom. The summed E-state index contributed by atoms with van der Waals surface area (Å²) >= 11 is 0. The lowest BCUT2D eigenvalue weighted by Crippen LogP contribution is -2.33. The molecule has 0 saturated heterocycles. The lowest BCUT2D eigenvalue weighted by molar-refractivity contribution is 0.358. The fraction of sp³-hybridized carbons (Fsp3) is 0.545. The second-order valence-corrected chi connectivity index (χ2v) is 5.68. The number of rotatable bonds is 7. The van der Waals surface area contributed by atoms with E-state index in [0.717, 1.165) is 6.54 Å². The molecule has 7 heteroatoms. The van der Waals surface area contributed by atoms with Crippen molar-refractivity contribution in [2.75, 3.05) is 26.7 Å². The molecule has 0 saturated carbocycles. The molecule has 0 fully saturated rings. The van der Waals surface area contributed by atoms with Gasteiger partial charge in [0.05, 0.1) is 5.69 Å². The summed E-state index contributed by atoms with van der Waals surface area (Å²) in [5.74, 6) is 0. The minimum atomic E-state index is -3.53. The van der Waals surface area contributed by atoms with Crippen LogP contribution in [-0.4, -0.2) is 45.0 Å². The Bertz CT molecular complexity index is 476. The fourth-order valence-corrected chi connectivity index (χ4v) is 2.65. The second-order valence-electron chi connectivity index (χ2n) is 3.95. The number of nitrogens with zero attached hydrogens (tertiary/aromatic N) is 2. The van der Waals surface area contributed by atoms with Crippen LogP contribution in [0.15, 0.2) is 23.2 Å². The molecule has 0 unspecified atom stereocenters. The molecule has 0 aromatic carbocycles. The summed E-state index contributed by atoms with van der Waals surface area (Å²) in [5, 5.41) is 0. The number of nitrogens with one attached hydrogen (secondary N) is 1. The van der Waals surface area contributed by atoms with Gasteiger partial charge in [-0.2, -0.15) is 0 Å². The molecule has 0 bridgehead atoms. The average Bonchev–Trinajstić information content (AvgIpc) is 2.38. The molecule has 1 aromatic rings. The standard InChI is InChI=1S/C11H20N4O2S/c1-3-15(2)8-7-14-18(16,17)11-5-4-6-13-10(11)9-12/h4-6,14H,3,7-9,12H2,1-2H3. The number of sulfonamides is 1. The molecule has 18 heavy (non-hydrogen) atoms. The van der Waals surface area contributed by atoms with Crippen molar-refractivity contribution in [2.45, 2.75) is 18.4 Å². The number of nitrogens with two attached hydrogens (primary N) is 1. The van der Waals surface area contributed by atoms with Gasteiger partial charge in [-0.1, -0.05) is 6.92 Å². The molecule has 0 aliphatic rings. The van der Waals surface area contributed by atoms with Crippen LogP contribution in [0.5, 0.6) is 0 Å². The minimum absolute atomic E-state index is 0.103. The van der Waals surface area contributed by atoms with Crippen LogP contribution in [0.1, 0.15) is 12.6 Å². The molecule has 1 aromatic heterocycles. The highest BCUT2D eigenvalue weighted by Gasteiger charge is 2.17. The molecular formula is C11H20N4O2S. The molecular weight excluding hydrogens is 252 g/mol. The number of likely N-dealkylation sites (N-methyl/N-ethyl adjacent to an activating group) is 1. The molecule has 0 amide bonds. The van der Waals surface area contributed by atoms with Gasteiger partial charge in [0.1, 0.15) is 4.90 Å². The van der Waals surface area contributed by atoms with Gasteiger partial charge in [0.15, 0.2) is 0 Å². The smallest absolute Gasteiger partial charge is 0.242 e. The first-order valence-electron chi connectivity index (χ1n) is 5.83. The van der Waals surface area contributed by atoms with E-state index in [1.807, 2.05) is 18.9 Å². The maximum absolute atomic E-state index is 12.1. The predicted molar refractivity (Wildman–Crippen MR) is 70.5 cm³/mol. The largest absolute Gasteiger partial charge is 0.325 e. The summed E-state index contributed by atoms with van der Waals surface area (Å²) < 4.78 is 26.7. The quantitative estimate of drug-likeness (QED) is 0.716. The van der Waals surface area contributed by atoms with Crippen molar-refractivity contribution in [2.24, 2.45) is 5.73 Å². The van der Waals surface area contributed by atoms with Crippen molar-refractivity contribution in [1.29, 1.82) is 0 Å². The molecule has 0 spiro atoms. The topological polar surface area (TPSA) is 88.3 Å². The molecule has 0 aliphatic carbocycles. The molecule has 0 aliphatic heterocycles. The van der Waals surface area contributed by atoms with Crippen LogP contribution < -0.4 is 10.5 Å². The number of hydrogen-bond acceptors (Lipinski definition) is 5. The summed E-state index contributed by atoms with van der Waals surface area (Å²) in [5.41, 5.74) is 5.87. The van der Waals surface area contributed by atoms with Crippen molar-refractivity contribution in [3.63, 3.8) is 0 Å². The van der Waals surface area contributed by atoms with Crippen LogP contribution in [-0.2, 0) is 16.6 Å². The van der Waals surface area contributed by atoms with Gasteiger partial charge < -0.3 is 10.6 Å². The van der Waals surface area contributed by atoms with Crippen molar-refractivity contribution >= 4 is 10.0 Å². The van der Waals surface area contributed by atoms with Gasteiger partial charge in [0, 0.05) is 25.8 Å². The van der Waals surface area contributed by atoms with Gasteiger partial charge in [-0.25, -0.2) is 13.1 Å². The van der Waals surface area contributed by atoms with Crippen molar-refractivity contribution in [3.8, 4) is 0 Å². The zero-order chi connectivity index (χ0) is 13.6. The fourth-order valence-electron chi connectivity index (χ4n) is 1.43. The highest BCUT2D eigenvalue weighted by atomic mass is 32.2. The molecule has 102 valence electrons. The monoisotopic (exact) mass is 272 g/mol. The van der Waals surface area contributed by atoms with E-state index in [1.165, 1.54) is 12.3 Å².